The maximum atomic E-state index is 12.4. The van der Waals surface area contributed by atoms with Gasteiger partial charge in [0.25, 0.3) is 0 Å². The Balaban J connectivity index is 2.41. The highest BCUT2D eigenvalue weighted by atomic mass is 31.2. The van der Waals surface area contributed by atoms with E-state index in [1.807, 2.05) is 20.8 Å². The SMILES string of the molecule is C[C@@H]1O[C@H](COP(C)(=O)OCCCCCCN)[C@H](OC(C)(C)C)[C@@H]1O. The topological polar surface area (TPSA) is 100 Å². The smallest absolute Gasteiger partial charge is 0.327 e. The largest absolute Gasteiger partial charge is 0.388 e. The molecule has 0 aromatic carbocycles. The second kappa shape index (κ2) is 10.4. The number of aliphatic hydroxyl groups is 1. The Kier molecular flexibility index (Phi) is 9.54. The van der Waals surface area contributed by atoms with Crippen molar-refractivity contribution in [1.29, 1.82) is 0 Å². The van der Waals surface area contributed by atoms with Gasteiger partial charge < -0.3 is 29.4 Å². The van der Waals surface area contributed by atoms with Crippen LogP contribution in [0.2, 0.25) is 0 Å². The van der Waals surface area contributed by atoms with E-state index in [2.05, 4.69) is 0 Å². The van der Waals surface area contributed by atoms with Gasteiger partial charge in [0.05, 0.1) is 24.9 Å². The monoisotopic (exact) mass is 381 g/mol. The number of rotatable bonds is 11. The third-order valence-corrected chi connectivity index (χ3v) is 5.23. The van der Waals surface area contributed by atoms with E-state index in [-0.39, 0.29) is 12.7 Å². The van der Waals surface area contributed by atoms with Crippen molar-refractivity contribution in [3.05, 3.63) is 0 Å². The molecule has 8 heteroatoms. The molecule has 1 rings (SSSR count). The average Bonchev–Trinajstić information content (AvgIpc) is 2.75. The third-order valence-electron chi connectivity index (χ3n) is 3.96. The van der Waals surface area contributed by atoms with Crippen LogP contribution in [0.1, 0.15) is 53.4 Å². The van der Waals surface area contributed by atoms with Gasteiger partial charge in [0.15, 0.2) is 0 Å². The number of ether oxygens (including phenoxy) is 2. The molecule has 0 saturated carbocycles. The molecular formula is C17H36NO6P. The first-order valence-electron chi connectivity index (χ1n) is 9.14. The number of aliphatic hydroxyl groups excluding tert-OH is 1. The first kappa shape index (κ1) is 23.0. The molecule has 0 aromatic rings. The first-order chi connectivity index (χ1) is 11.6. The van der Waals surface area contributed by atoms with Crippen molar-refractivity contribution >= 4 is 7.60 Å². The Morgan fingerprint density at radius 3 is 2.40 bits per heavy atom. The lowest BCUT2D eigenvalue weighted by Crippen LogP contribution is -2.41. The van der Waals surface area contributed by atoms with Crippen molar-refractivity contribution in [2.24, 2.45) is 5.73 Å². The molecule has 0 aromatic heterocycles. The molecule has 1 heterocycles. The summed E-state index contributed by atoms with van der Waals surface area (Å²) in [6, 6.07) is 0. The lowest BCUT2D eigenvalue weighted by molar-refractivity contribution is -0.118. The maximum absolute atomic E-state index is 12.4. The molecule has 0 radical (unpaired) electrons. The van der Waals surface area contributed by atoms with Gasteiger partial charge in [-0.1, -0.05) is 12.8 Å². The molecule has 0 aliphatic carbocycles. The molecule has 1 fully saturated rings. The number of hydrogen-bond acceptors (Lipinski definition) is 7. The van der Waals surface area contributed by atoms with E-state index in [9.17, 15) is 9.67 Å². The second-order valence-corrected chi connectivity index (χ2v) is 9.73. The number of hydrogen-bond donors (Lipinski definition) is 2. The summed E-state index contributed by atoms with van der Waals surface area (Å²) >= 11 is 0. The molecule has 1 saturated heterocycles. The lowest BCUT2D eigenvalue weighted by atomic mass is 10.1. The summed E-state index contributed by atoms with van der Waals surface area (Å²) in [5.74, 6) is 0. The summed E-state index contributed by atoms with van der Waals surface area (Å²) in [4.78, 5) is 0. The van der Waals surface area contributed by atoms with Gasteiger partial charge in [0.1, 0.15) is 18.3 Å². The van der Waals surface area contributed by atoms with Crippen LogP contribution in [-0.4, -0.2) is 61.5 Å². The highest BCUT2D eigenvalue weighted by molar-refractivity contribution is 7.52. The number of nitrogens with two attached hydrogens (primary N) is 1. The van der Waals surface area contributed by atoms with Gasteiger partial charge in [-0.15, -0.1) is 0 Å². The van der Waals surface area contributed by atoms with Gasteiger partial charge >= 0.3 is 7.60 Å². The van der Waals surface area contributed by atoms with E-state index in [4.69, 9.17) is 24.3 Å². The van der Waals surface area contributed by atoms with Crippen LogP contribution < -0.4 is 5.73 Å². The molecule has 1 aliphatic rings. The Morgan fingerprint density at radius 1 is 1.16 bits per heavy atom. The molecule has 25 heavy (non-hydrogen) atoms. The van der Waals surface area contributed by atoms with Crippen molar-refractivity contribution < 1.29 is 28.2 Å². The zero-order valence-corrected chi connectivity index (χ0v) is 17.2. The van der Waals surface area contributed by atoms with E-state index in [1.54, 1.807) is 6.92 Å². The standard InChI is InChI=1S/C17H36NO6P/c1-13-15(19)16(24-17(2,3)4)14(23-13)12-22-25(5,20)21-11-9-7-6-8-10-18/h13-16,19H,6-12,18H2,1-5H3/t13-,14+,15+,16-,25?/m0/s1. The van der Waals surface area contributed by atoms with E-state index >= 15 is 0 Å². The van der Waals surface area contributed by atoms with Crippen LogP contribution >= 0.6 is 7.60 Å². The van der Waals surface area contributed by atoms with Crippen LogP contribution in [-0.2, 0) is 23.1 Å². The molecule has 3 N–H and O–H groups in total. The molecule has 7 nitrogen and oxygen atoms in total. The van der Waals surface area contributed by atoms with Crippen LogP contribution in [0.25, 0.3) is 0 Å². The van der Waals surface area contributed by atoms with Gasteiger partial charge in [-0.05, 0) is 47.1 Å². The van der Waals surface area contributed by atoms with Crippen molar-refractivity contribution in [2.75, 3.05) is 26.4 Å². The van der Waals surface area contributed by atoms with E-state index in [0.29, 0.717) is 13.2 Å². The molecule has 1 aliphatic heterocycles. The summed E-state index contributed by atoms with van der Waals surface area (Å²) < 4.78 is 34.9. The second-order valence-electron chi connectivity index (χ2n) is 7.67. The predicted molar refractivity (Wildman–Crippen MR) is 97.9 cm³/mol. The summed E-state index contributed by atoms with van der Waals surface area (Å²) in [5, 5.41) is 10.3. The maximum Gasteiger partial charge on any atom is 0.327 e. The molecule has 1 unspecified atom stereocenters. The van der Waals surface area contributed by atoms with Crippen LogP contribution in [0.15, 0.2) is 0 Å². The molecule has 0 spiro atoms. The molecular weight excluding hydrogens is 345 g/mol. The van der Waals surface area contributed by atoms with E-state index < -0.39 is 31.5 Å². The normalized spacial score (nSPS) is 29.7. The van der Waals surface area contributed by atoms with Gasteiger partial charge in [0.2, 0.25) is 0 Å². The van der Waals surface area contributed by atoms with Crippen LogP contribution in [0.3, 0.4) is 0 Å². The van der Waals surface area contributed by atoms with Crippen molar-refractivity contribution in [1.82, 2.24) is 0 Å². The zero-order valence-electron chi connectivity index (χ0n) is 16.3. The van der Waals surface area contributed by atoms with Crippen LogP contribution in [0, 0.1) is 0 Å². The lowest BCUT2D eigenvalue weighted by Gasteiger charge is -2.29. The Bertz CT molecular complexity index is 428. The van der Waals surface area contributed by atoms with E-state index in [1.165, 1.54) is 6.66 Å². The molecule has 0 amide bonds. The third kappa shape index (κ3) is 8.96. The molecule has 0 bridgehead atoms. The fourth-order valence-electron chi connectivity index (χ4n) is 2.69. The summed E-state index contributed by atoms with van der Waals surface area (Å²) in [5.41, 5.74) is 5.02. The quantitative estimate of drug-likeness (QED) is 0.419. The van der Waals surface area contributed by atoms with Crippen LogP contribution in [0.5, 0.6) is 0 Å². The highest BCUT2D eigenvalue weighted by Crippen LogP contribution is 2.45. The van der Waals surface area contributed by atoms with Crippen molar-refractivity contribution in [3.8, 4) is 0 Å². The van der Waals surface area contributed by atoms with Gasteiger partial charge in [-0.3, -0.25) is 4.57 Å². The van der Waals surface area contributed by atoms with Gasteiger partial charge in [-0.2, -0.15) is 0 Å². The predicted octanol–water partition coefficient (Wildman–Crippen LogP) is 2.69. The minimum atomic E-state index is -3.16. The zero-order chi connectivity index (χ0) is 19.1. The molecule has 150 valence electrons. The minimum absolute atomic E-state index is 0.0586. The van der Waals surface area contributed by atoms with Crippen LogP contribution in [0.4, 0.5) is 0 Å². The summed E-state index contributed by atoms with van der Waals surface area (Å²) in [7, 11) is -3.16. The Labute approximate surface area is 152 Å². The number of unbranched alkanes of at least 4 members (excludes halogenated alkanes) is 3. The van der Waals surface area contributed by atoms with E-state index in [0.717, 1.165) is 25.7 Å². The summed E-state index contributed by atoms with van der Waals surface area (Å²) in [6.07, 6.45) is 1.76. The fourth-order valence-corrected chi connectivity index (χ4v) is 3.64. The summed E-state index contributed by atoms with van der Waals surface area (Å²) in [6.45, 7) is 10.1. The van der Waals surface area contributed by atoms with Crippen molar-refractivity contribution in [2.45, 2.75) is 83.4 Å². The van der Waals surface area contributed by atoms with Gasteiger partial charge in [-0.25, -0.2) is 0 Å². The minimum Gasteiger partial charge on any atom is -0.388 e. The first-order valence-corrected chi connectivity index (χ1v) is 11.1. The Morgan fingerprint density at radius 2 is 1.80 bits per heavy atom. The highest BCUT2D eigenvalue weighted by Gasteiger charge is 2.44. The van der Waals surface area contributed by atoms with Gasteiger partial charge in [0, 0.05) is 6.66 Å². The average molecular weight is 381 g/mol. The van der Waals surface area contributed by atoms with Crippen molar-refractivity contribution in [3.63, 3.8) is 0 Å². The Hall–Kier alpha value is -0.0100. The molecule has 5 atom stereocenters. The fraction of sp³-hybridized carbons (Fsp3) is 1.00.